The Hall–Kier alpha value is -2.33. The Balaban J connectivity index is 1.61. The lowest BCUT2D eigenvalue weighted by atomic mass is 10.1. The van der Waals surface area contributed by atoms with Crippen molar-refractivity contribution in [3.05, 3.63) is 64.2 Å². The van der Waals surface area contributed by atoms with Crippen LogP contribution in [0.3, 0.4) is 0 Å². The zero-order chi connectivity index (χ0) is 18.0. The maximum atomic E-state index is 12.3. The van der Waals surface area contributed by atoms with Gasteiger partial charge >= 0.3 is 0 Å². The number of carbonyl (C=O) groups is 2. The number of nitrogens with zero attached hydrogens (tertiary/aromatic N) is 1. The van der Waals surface area contributed by atoms with E-state index in [2.05, 4.69) is 5.32 Å². The van der Waals surface area contributed by atoms with Gasteiger partial charge in [-0.2, -0.15) is 0 Å². The first-order valence-corrected chi connectivity index (χ1v) is 8.71. The monoisotopic (exact) mass is 356 g/mol. The lowest BCUT2D eigenvalue weighted by molar-refractivity contribution is -0.121. The van der Waals surface area contributed by atoms with Crippen LogP contribution in [0, 0.1) is 13.8 Å². The number of hydrogen-bond donors (Lipinski definition) is 1. The second kappa shape index (κ2) is 7.28. The van der Waals surface area contributed by atoms with Crippen molar-refractivity contribution in [3.8, 4) is 0 Å². The molecule has 2 aromatic rings. The Kier molecular flexibility index (Phi) is 5.09. The van der Waals surface area contributed by atoms with Gasteiger partial charge in [0.2, 0.25) is 11.8 Å². The number of benzene rings is 2. The van der Waals surface area contributed by atoms with Gasteiger partial charge < -0.3 is 10.2 Å². The predicted molar refractivity (Wildman–Crippen MR) is 100.0 cm³/mol. The maximum absolute atomic E-state index is 12.3. The smallest absolute Gasteiger partial charge is 0.229 e. The molecule has 0 aliphatic carbocycles. The molecule has 0 spiro atoms. The van der Waals surface area contributed by atoms with Crippen molar-refractivity contribution in [1.82, 2.24) is 5.32 Å². The molecule has 3 rings (SSSR count). The third-order valence-electron chi connectivity index (χ3n) is 4.57. The Morgan fingerprint density at radius 1 is 1.16 bits per heavy atom. The Labute approximate surface area is 152 Å². The van der Waals surface area contributed by atoms with Crippen molar-refractivity contribution in [3.63, 3.8) is 0 Å². The van der Waals surface area contributed by atoms with E-state index in [9.17, 15) is 9.59 Å². The molecule has 0 unspecified atom stereocenters. The zero-order valence-corrected chi connectivity index (χ0v) is 15.1. The minimum Gasteiger partial charge on any atom is -0.351 e. The molecule has 5 heteroatoms. The van der Waals surface area contributed by atoms with Crippen LogP contribution in [-0.2, 0) is 16.0 Å². The summed E-state index contributed by atoms with van der Waals surface area (Å²) in [5.41, 5.74) is 4.14. The van der Waals surface area contributed by atoms with E-state index >= 15 is 0 Å². The van der Waals surface area contributed by atoms with Crippen molar-refractivity contribution in [2.75, 3.05) is 11.4 Å². The van der Waals surface area contributed by atoms with Crippen LogP contribution in [0.4, 0.5) is 5.69 Å². The molecule has 0 radical (unpaired) electrons. The van der Waals surface area contributed by atoms with E-state index in [0.29, 0.717) is 18.0 Å². The lowest BCUT2D eigenvalue weighted by Crippen LogP contribution is -2.38. The van der Waals surface area contributed by atoms with Crippen molar-refractivity contribution >= 4 is 29.1 Å². The fourth-order valence-electron chi connectivity index (χ4n) is 3.01. The van der Waals surface area contributed by atoms with Gasteiger partial charge in [0.25, 0.3) is 0 Å². The van der Waals surface area contributed by atoms with Crippen molar-refractivity contribution in [1.29, 1.82) is 0 Å². The second-order valence-electron chi connectivity index (χ2n) is 6.54. The molecule has 25 heavy (non-hydrogen) atoms. The first-order chi connectivity index (χ1) is 11.9. The fraction of sp³-hybridized carbons (Fsp3) is 0.300. The number of hydrogen-bond acceptors (Lipinski definition) is 2. The van der Waals surface area contributed by atoms with E-state index in [1.807, 2.05) is 44.2 Å². The molecule has 0 aromatic heterocycles. The Morgan fingerprint density at radius 3 is 2.56 bits per heavy atom. The second-order valence-corrected chi connectivity index (χ2v) is 6.98. The van der Waals surface area contributed by atoms with Gasteiger partial charge in [0, 0.05) is 23.7 Å². The molecular formula is C20H21ClN2O2. The lowest BCUT2D eigenvalue weighted by Gasteiger charge is -2.18. The Morgan fingerprint density at radius 2 is 1.88 bits per heavy atom. The Bertz CT molecular complexity index is 802. The van der Waals surface area contributed by atoms with Crippen LogP contribution >= 0.6 is 11.6 Å². The highest BCUT2D eigenvalue weighted by Crippen LogP contribution is 2.24. The molecule has 0 bridgehead atoms. The average Bonchev–Trinajstić information content (AvgIpc) is 2.92. The van der Waals surface area contributed by atoms with Gasteiger partial charge in [0.05, 0.1) is 12.5 Å². The highest BCUT2D eigenvalue weighted by atomic mass is 35.5. The highest BCUT2D eigenvalue weighted by Gasteiger charge is 2.31. The van der Waals surface area contributed by atoms with E-state index in [1.165, 1.54) is 5.56 Å². The summed E-state index contributed by atoms with van der Waals surface area (Å²) in [4.78, 5) is 26.3. The summed E-state index contributed by atoms with van der Waals surface area (Å²) in [6.07, 6.45) is 0.616. The van der Waals surface area contributed by atoms with Crippen LogP contribution in [-0.4, -0.2) is 24.4 Å². The number of halogens is 1. The van der Waals surface area contributed by atoms with Crippen LogP contribution < -0.4 is 10.2 Å². The molecule has 1 N–H and O–H groups in total. The van der Waals surface area contributed by atoms with Crippen LogP contribution in [0.25, 0.3) is 0 Å². The number of amides is 2. The standard InChI is InChI=1S/C20H21ClN2O2/c1-13-3-8-18(9-14(13)2)23-12-17(11-20(23)25)22-19(24)10-15-4-6-16(21)7-5-15/h3-9,17H,10-12H2,1-2H3,(H,22,24)/t17-/m1/s1. The average molecular weight is 357 g/mol. The molecule has 1 aliphatic heterocycles. The van der Waals surface area contributed by atoms with Gasteiger partial charge in [-0.3, -0.25) is 9.59 Å². The van der Waals surface area contributed by atoms with Gasteiger partial charge in [-0.15, -0.1) is 0 Å². The fourth-order valence-corrected chi connectivity index (χ4v) is 3.14. The number of anilines is 1. The van der Waals surface area contributed by atoms with Crippen LogP contribution in [0.15, 0.2) is 42.5 Å². The minimum absolute atomic E-state index is 0.0417. The van der Waals surface area contributed by atoms with Crippen molar-refractivity contribution in [2.45, 2.75) is 32.7 Å². The summed E-state index contributed by atoms with van der Waals surface area (Å²) in [7, 11) is 0. The quantitative estimate of drug-likeness (QED) is 0.912. The summed E-state index contributed by atoms with van der Waals surface area (Å²) in [6, 6.07) is 13.0. The molecule has 0 saturated carbocycles. The maximum Gasteiger partial charge on any atom is 0.229 e. The van der Waals surface area contributed by atoms with Gasteiger partial charge in [0.15, 0.2) is 0 Å². The molecule has 2 amide bonds. The van der Waals surface area contributed by atoms with E-state index in [-0.39, 0.29) is 24.3 Å². The molecule has 2 aromatic carbocycles. The third-order valence-corrected chi connectivity index (χ3v) is 4.82. The van der Waals surface area contributed by atoms with Gasteiger partial charge in [0.1, 0.15) is 0 Å². The van der Waals surface area contributed by atoms with Crippen LogP contribution in [0.1, 0.15) is 23.1 Å². The van der Waals surface area contributed by atoms with Gasteiger partial charge in [-0.25, -0.2) is 0 Å². The highest BCUT2D eigenvalue weighted by molar-refractivity contribution is 6.30. The van der Waals surface area contributed by atoms with Gasteiger partial charge in [-0.1, -0.05) is 29.8 Å². The number of aryl methyl sites for hydroxylation is 2. The van der Waals surface area contributed by atoms with E-state index in [1.54, 1.807) is 17.0 Å². The summed E-state index contributed by atoms with van der Waals surface area (Å²) < 4.78 is 0. The molecule has 1 atom stereocenters. The van der Waals surface area contributed by atoms with Gasteiger partial charge in [-0.05, 0) is 54.8 Å². The minimum atomic E-state index is -0.158. The molecule has 130 valence electrons. The van der Waals surface area contributed by atoms with Crippen LogP contribution in [0.2, 0.25) is 5.02 Å². The largest absolute Gasteiger partial charge is 0.351 e. The molecule has 1 aliphatic rings. The zero-order valence-electron chi connectivity index (χ0n) is 14.4. The molecule has 1 heterocycles. The molecule has 4 nitrogen and oxygen atoms in total. The van der Waals surface area contributed by atoms with Crippen LogP contribution in [0.5, 0.6) is 0 Å². The topological polar surface area (TPSA) is 49.4 Å². The first-order valence-electron chi connectivity index (χ1n) is 8.34. The summed E-state index contributed by atoms with van der Waals surface area (Å²) in [6.45, 7) is 4.59. The van der Waals surface area contributed by atoms with E-state index < -0.39 is 0 Å². The third kappa shape index (κ3) is 4.20. The molecular weight excluding hydrogens is 336 g/mol. The SMILES string of the molecule is Cc1ccc(N2C[C@H](NC(=O)Cc3ccc(Cl)cc3)CC2=O)cc1C. The first kappa shape index (κ1) is 17.5. The summed E-state index contributed by atoms with van der Waals surface area (Å²) >= 11 is 5.85. The van der Waals surface area contributed by atoms with Crippen molar-refractivity contribution < 1.29 is 9.59 Å². The number of nitrogens with one attached hydrogen (secondary N) is 1. The van der Waals surface area contributed by atoms with E-state index in [0.717, 1.165) is 16.8 Å². The summed E-state index contributed by atoms with van der Waals surface area (Å²) in [5.74, 6) is -0.0397. The molecule has 1 fully saturated rings. The number of carbonyl (C=O) groups excluding carboxylic acids is 2. The summed E-state index contributed by atoms with van der Waals surface area (Å²) in [5, 5.41) is 3.61. The van der Waals surface area contributed by atoms with E-state index in [4.69, 9.17) is 11.6 Å². The number of rotatable bonds is 4. The van der Waals surface area contributed by atoms with Crippen molar-refractivity contribution in [2.24, 2.45) is 0 Å². The molecule has 1 saturated heterocycles. The normalized spacial score (nSPS) is 17.0. The predicted octanol–water partition coefficient (Wildman–Crippen LogP) is 3.42.